The van der Waals surface area contributed by atoms with Gasteiger partial charge >= 0.3 is 0 Å². The minimum absolute atomic E-state index is 0.186. The van der Waals surface area contributed by atoms with Crippen molar-refractivity contribution < 1.29 is 5.11 Å². The number of benzene rings is 3. The maximum atomic E-state index is 9.58. The van der Waals surface area contributed by atoms with Gasteiger partial charge in [-0.3, -0.25) is 0 Å². The molecule has 0 aliphatic carbocycles. The average Bonchev–Trinajstić information content (AvgIpc) is 2.37. The predicted octanol–water partition coefficient (Wildman–Crippen LogP) is 4.87. The van der Waals surface area contributed by atoms with Crippen LogP contribution in [-0.2, 0) is 0 Å². The molecule has 2 heteroatoms. The van der Waals surface area contributed by atoms with Gasteiger partial charge in [0.1, 0.15) is 5.75 Å². The Balaban J connectivity index is 2.19. The molecule has 0 amide bonds. The number of aromatic hydroxyl groups is 1. The van der Waals surface area contributed by atoms with Crippen LogP contribution in [0.5, 0.6) is 5.75 Å². The number of phenolic OH excluding ortho intramolecular Hbond substituents is 1. The summed E-state index contributed by atoms with van der Waals surface area (Å²) in [5.41, 5.74) is 1.97. The molecule has 0 spiro atoms. The fourth-order valence-corrected chi connectivity index (χ4v) is 2.34. The lowest BCUT2D eigenvalue weighted by atomic mass is 10.0. The van der Waals surface area contributed by atoms with E-state index in [-0.39, 0.29) is 5.75 Å². The number of phenols is 1. The van der Waals surface area contributed by atoms with Crippen LogP contribution >= 0.6 is 11.6 Å². The first kappa shape index (κ1) is 11.1. The Labute approximate surface area is 110 Å². The Bertz CT molecular complexity index is 699. The van der Waals surface area contributed by atoms with Gasteiger partial charge in [-0.05, 0) is 46.2 Å². The second kappa shape index (κ2) is 4.35. The van der Waals surface area contributed by atoms with Crippen LogP contribution in [-0.4, -0.2) is 5.11 Å². The Kier molecular flexibility index (Phi) is 2.69. The van der Waals surface area contributed by atoms with Crippen LogP contribution in [0, 0.1) is 0 Å². The van der Waals surface area contributed by atoms with E-state index >= 15 is 0 Å². The summed E-state index contributed by atoms with van der Waals surface area (Å²) in [5.74, 6) is 0.186. The van der Waals surface area contributed by atoms with Gasteiger partial charge in [0.05, 0.1) is 0 Å². The highest BCUT2D eigenvalue weighted by molar-refractivity contribution is 6.31. The second-order valence-corrected chi connectivity index (χ2v) is 4.70. The van der Waals surface area contributed by atoms with Crippen molar-refractivity contribution >= 4 is 22.4 Å². The average molecular weight is 255 g/mol. The maximum Gasteiger partial charge on any atom is 0.117 e. The molecule has 3 aromatic rings. The van der Waals surface area contributed by atoms with Gasteiger partial charge in [-0.15, -0.1) is 0 Å². The molecule has 0 heterocycles. The van der Waals surface area contributed by atoms with Crippen LogP contribution in [0.4, 0.5) is 0 Å². The summed E-state index contributed by atoms with van der Waals surface area (Å²) in [6.07, 6.45) is 0. The first-order chi connectivity index (χ1) is 8.72. The zero-order chi connectivity index (χ0) is 12.5. The zero-order valence-corrected chi connectivity index (χ0v) is 10.4. The molecule has 1 N–H and O–H groups in total. The van der Waals surface area contributed by atoms with E-state index < -0.39 is 0 Å². The number of hydrogen-bond donors (Lipinski definition) is 1. The van der Waals surface area contributed by atoms with Gasteiger partial charge < -0.3 is 5.11 Å². The molecule has 0 radical (unpaired) electrons. The van der Waals surface area contributed by atoms with Gasteiger partial charge in [0.2, 0.25) is 0 Å². The lowest BCUT2D eigenvalue weighted by Gasteiger charge is -2.05. The lowest BCUT2D eigenvalue weighted by Crippen LogP contribution is -1.79. The normalized spacial score (nSPS) is 10.7. The summed E-state index contributed by atoms with van der Waals surface area (Å²) in [6, 6.07) is 19.5. The molecule has 0 aliphatic heterocycles. The van der Waals surface area contributed by atoms with Gasteiger partial charge in [0.15, 0.2) is 0 Å². The summed E-state index contributed by atoms with van der Waals surface area (Å²) < 4.78 is 0. The third-order valence-electron chi connectivity index (χ3n) is 2.97. The predicted molar refractivity (Wildman–Crippen MR) is 76.1 cm³/mol. The van der Waals surface area contributed by atoms with Crippen LogP contribution in [0.3, 0.4) is 0 Å². The van der Waals surface area contributed by atoms with Crippen molar-refractivity contribution in [3.8, 4) is 16.9 Å². The van der Waals surface area contributed by atoms with Crippen LogP contribution in [0.2, 0.25) is 5.02 Å². The SMILES string of the molecule is Oc1cc(Cl)cc(-c2ccc3ccccc3c2)c1. The maximum absolute atomic E-state index is 9.58. The number of fused-ring (bicyclic) bond motifs is 1. The van der Waals surface area contributed by atoms with Crippen molar-refractivity contribution in [3.63, 3.8) is 0 Å². The summed E-state index contributed by atoms with van der Waals surface area (Å²) in [4.78, 5) is 0. The molecular weight excluding hydrogens is 244 g/mol. The summed E-state index contributed by atoms with van der Waals surface area (Å²) >= 11 is 5.96. The molecule has 3 aromatic carbocycles. The molecule has 0 aromatic heterocycles. The van der Waals surface area contributed by atoms with E-state index in [9.17, 15) is 5.11 Å². The van der Waals surface area contributed by atoms with Crippen molar-refractivity contribution in [2.24, 2.45) is 0 Å². The van der Waals surface area contributed by atoms with E-state index in [4.69, 9.17) is 11.6 Å². The first-order valence-corrected chi connectivity index (χ1v) is 6.09. The Hall–Kier alpha value is -1.99. The monoisotopic (exact) mass is 254 g/mol. The van der Waals surface area contributed by atoms with Crippen molar-refractivity contribution in [3.05, 3.63) is 65.7 Å². The van der Waals surface area contributed by atoms with E-state index in [1.807, 2.05) is 24.3 Å². The van der Waals surface area contributed by atoms with E-state index in [0.29, 0.717) is 5.02 Å². The van der Waals surface area contributed by atoms with Crippen LogP contribution < -0.4 is 0 Å². The van der Waals surface area contributed by atoms with Gasteiger partial charge in [-0.2, -0.15) is 0 Å². The Morgan fingerprint density at radius 1 is 0.722 bits per heavy atom. The second-order valence-electron chi connectivity index (χ2n) is 4.26. The van der Waals surface area contributed by atoms with Crippen LogP contribution in [0.1, 0.15) is 0 Å². The van der Waals surface area contributed by atoms with E-state index in [2.05, 4.69) is 24.3 Å². The molecule has 0 fully saturated rings. The smallest absolute Gasteiger partial charge is 0.117 e. The highest BCUT2D eigenvalue weighted by Gasteiger charge is 2.02. The van der Waals surface area contributed by atoms with Crippen molar-refractivity contribution in [2.45, 2.75) is 0 Å². The molecule has 0 aliphatic rings. The Morgan fingerprint density at radius 2 is 1.50 bits per heavy atom. The van der Waals surface area contributed by atoms with Gasteiger partial charge in [0.25, 0.3) is 0 Å². The van der Waals surface area contributed by atoms with E-state index in [1.54, 1.807) is 6.07 Å². The Morgan fingerprint density at radius 3 is 2.28 bits per heavy atom. The molecule has 1 nitrogen and oxygen atoms in total. The summed E-state index contributed by atoms with van der Waals surface area (Å²) in [6.45, 7) is 0. The molecule has 18 heavy (non-hydrogen) atoms. The van der Waals surface area contributed by atoms with Crippen molar-refractivity contribution in [2.75, 3.05) is 0 Å². The van der Waals surface area contributed by atoms with Gasteiger partial charge in [-0.1, -0.05) is 48.0 Å². The number of rotatable bonds is 1. The fourth-order valence-electron chi connectivity index (χ4n) is 2.11. The molecule has 0 unspecified atom stereocenters. The van der Waals surface area contributed by atoms with Crippen LogP contribution in [0.15, 0.2) is 60.7 Å². The van der Waals surface area contributed by atoms with E-state index in [1.165, 1.54) is 16.8 Å². The topological polar surface area (TPSA) is 20.2 Å². The van der Waals surface area contributed by atoms with Gasteiger partial charge in [0, 0.05) is 5.02 Å². The summed E-state index contributed by atoms with van der Waals surface area (Å²) in [5, 5.41) is 12.5. The number of hydrogen-bond acceptors (Lipinski definition) is 1. The molecule has 0 saturated carbocycles. The van der Waals surface area contributed by atoms with E-state index in [0.717, 1.165) is 11.1 Å². The molecular formula is C16H11ClO. The molecule has 0 saturated heterocycles. The standard InChI is InChI=1S/C16H11ClO/c17-15-8-14(9-16(18)10-15)13-6-5-11-3-1-2-4-12(11)7-13/h1-10,18H. The minimum Gasteiger partial charge on any atom is -0.508 e. The minimum atomic E-state index is 0.186. The number of halogens is 1. The zero-order valence-electron chi connectivity index (χ0n) is 9.60. The highest BCUT2D eigenvalue weighted by Crippen LogP contribution is 2.29. The largest absolute Gasteiger partial charge is 0.508 e. The van der Waals surface area contributed by atoms with Crippen molar-refractivity contribution in [1.82, 2.24) is 0 Å². The molecule has 88 valence electrons. The summed E-state index contributed by atoms with van der Waals surface area (Å²) in [7, 11) is 0. The molecule has 0 bridgehead atoms. The first-order valence-electron chi connectivity index (χ1n) is 5.71. The molecule has 3 rings (SSSR count). The van der Waals surface area contributed by atoms with Gasteiger partial charge in [-0.25, -0.2) is 0 Å². The fraction of sp³-hybridized carbons (Fsp3) is 0. The quantitative estimate of drug-likeness (QED) is 0.657. The van der Waals surface area contributed by atoms with Crippen LogP contribution in [0.25, 0.3) is 21.9 Å². The lowest BCUT2D eigenvalue weighted by molar-refractivity contribution is 0.475. The van der Waals surface area contributed by atoms with Crippen molar-refractivity contribution in [1.29, 1.82) is 0 Å². The third kappa shape index (κ3) is 2.05. The molecule has 0 atom stereocenters. The third-order valence-corrected chi connectivity index (χ3v) is 3.18. The highest BCUT2D eigenvalue weighted by atomic mass is 35.5.